The lowest BCUT2D eigenvalue weighted by molar-refractivity contribution is -0.143. The first-order valence-electron chi connectivity index (χ1n) is 10.5. The van der Waals surface area contributed by atoms with Gasteiger partial charge in [0.2, 0.25) is 11.0 Å². The Morgan fingerprint density at radius 1 is 1.09 bits per heavy atom. The second-order valence-corrected chi connectivity index (χ2v) is 8.29. The highest BCUT2D eigenvalue weighted by atomic mass is 32.1. The number of nitrogens with one attached hydrogen (secondary N) is 1. The maximum Gasteiger partial charge on any atom is 0.434 e. The fraction of sp³-hybridized carbons (Fsp3) is 0.500. The van der Waals surface area contributed by atoms with Crippen molar-refractivity contribution in [2.75, 3.05) is 12.4 Å². The summed E-state index contributed by atoms with van der Waals surface area (Å²) in [5.41, 5.74) is -1.93. The molecule has 0 unspecified atom stereocenters. The fourth-order valence-electron chi connectivity index (χ4n) is 3.12. The molecule has 0 aliphatic heterocycles. The van der Waals surface area contributed by atoms with Crippen molar-refractivity contribution < 1.29 is 22.7 Å². The molecule has 1 amide bonds. The van der Waals surface area contributed by atoms with Gasteiger partial charge in [-0.15, -0.1) is 20.4 Å². The van der Waals surface area contributed by atoms with Gasteiger partial charge in [-0.05, 0) is 12.5 Å². The molecular formula is C20H24F3N7O2S. The normalized spacial score (nSPS) is 11.5. The van der Waals surface area contributed by atoms with Crippen LogP contribution in [0.2, 0.25) is 0 Å². The highest BCUT2D eigenvalue weighted by Crippen LogP contribution is 2.34. The van der Waals surface area contributed by atoms with Crippen LogP contribution in [0.5, 0.6) is 5.88 Å². The van der Waals surface area contributed by atoms with Crippen molar-refractivity contribution in [3.8, 4) is 11.7 Å². The van der Waals surface area contributed by atoms with Gasteiger partial charge >= 0.3 is 6.18 Å². The third-order valence-corrected chi connectivity index (χ3v) is 5.66. The number of aryl methyl sites for hydroxylation is 1. The summed E-state index contributed by atoms with van der Waals surface area (Å²) >= 11 is 1.15. The van der Waals surface area contributed by atoms with Crippen LogP contribution in [0.1, 0.15) is 66.5 Å². The van der Waals surface area contributed by atoms with Gasteiger partial charge in [0.15, 0.2) is 11.5 Å². The van der Waals surface area contributed by atoms with Crippen LogP contribution in [-0.4, -0.2) is 43.2 Å². The average Bonchev–Trinajstić information content (AvgIpc) is 3.43. The summed E-state index contributed by atoms with van der Waals surface area (Å²) in [5.74, 6) is -1.07. The number of rotatable bonds is 11. The number of aromatic nitrogens is 6. The zero-order valence-corrected chi connectivity index (χ0v) is 19.0. The average molecular weight is 484 g/mol. The zero-order chi connectivity index (χ0) is 23.8. The number of hydrogen-bond acceptors (Lipinski definition) is 8. The highest BCUT2D eigenvalue weighted by Gasteiger charge is 2.41. The molecule has 0 fully saturated rings. The van der Waals surface area contributed by atoms with Crippen molar-refractivity contribution in [1.82, 2.24) is 30.2 Å². The van der Waals surface area contributed by atoms with E-state index in [0.717, 1.165) is 41.8 Å². The molecule has 1 N–H and O–H groups in total. The Bertz CT molecular complexity index is 1050. The van der Waals surface area contributed by atoms with E-state index in [1.807, 2.05) is 0 Å². The summed E-state index contributed by atoms with van der Waals surface area (Å²) in [7, 11) is 1.35. The van der Waals surface area contributed by atoms with Gasteiger partial charge in [-0.3, -0.25) is 10.1 Å². The molecule has 0 spiro atoms. The zero-order valence-electron chi connectivity index (χ0n) is 18.2. The summed E-state index contributed by atoms with van der Waals surface area (Å²) in [5, 5.41) is 22.2. The molecule has 3 rings (SSSR count). The molecule has 33 heavy (non-hydrogen) atoms. The van der Waals surface area contributed by atoms with E-state index in [9.17, 15) is 18.0 Å². The Morgan fingerprint density at radius 3 is 2.52 bits per heavy atom. The number of ether oxygens (including phenoxy) is 1. The van der Waals surface area contributed by atoms with Gasteiger partial charge in [-0.1, -0.05) is 50.4 Å². The number of anilines is 1. The molecule has 0 aliphatic carbocycles. The Balaban J connectivity index is 1.70. The van der Waals surface area contributed by atoms with Crippen molar-refractivity contribution in [3.05, 3.63) is 34.6 Å². The van der Waals surface area contributed by atoms with Crippen LogP contribution >= 0.6 is 11.3 Å². The van der Waals surface area contributed by atoms with E-state index in [1.165, 1.54) is 38.5 Å². The van der Waals surface area contributed by atoms with Crippen LogP contribution in [0.25, 0.3) is 5.82 Å². The largest absolute Gasteiger partial charge is 0.480 e. The van der Waals surface area contributed by atoms with E-state index in [-0.39, 0.29) is 16.8 Å². The summed E-state index contributed by atoms with van der Waals surface area (Å²) in [4.78, 5) is 12.6. The molecule has 3 heterocycles. The van der Waals surface area contributed by atoms with E-state index in [1.54, 1.807) is 0 Å². The predicted octanol–water partition coefficient (Wildman–Crippen LogP) is 4.70. The van der Waals surface area contributed by atoms with Crippen molar-refractivity contribution in [1.29, 1.82) is 0 Å². The van der Waals surface area contributed by atoms with Crippen LogP contribution in [0.3, 0.4) is 0 Å². The Morgan fingerprint density at radius 2 is 1.85 bits per heavy atom. The minimum atomic E-state index is -4.87. The van der Waals surface area contributed by atoms with Crippen LogP contribution in [0, 0.1) is 0 Å². The number of methoxy groups -OCH3 is 1. The van der Waals surface area contributed by atoms with Gasteiger partial charge < -0.3 is 4.74 Å². The van der Waals surface area contributed by atoms with E-state index in [4.69, 9.17) is 4.74 Å². The van der Waals surface area contributed by atoms with E-state index in [0.29, 0.717) is 11.1 Å². The number of nitrogens with zero attached hydrogens (tertiary/aromatic N) is 6. The molecule has 178 valence electrons. The molecule has 3 aromatic rings. The molecule has 3 aromatic heterocycles. The lowest BCUT2D eigenvalue weighted by Crippen LogP contribution is -2.21. The Kier molecular flexibility index (Phi) is 8.31. The third-order valence-electron chi connectivity index (χ3n) is 4.77. The molecule has 0 aromatic carbocycles. The third kappa shape index (κ3) is 6.46. The summed E-state index contributed by atoms with van der Waals surface area (Å²) < 4.78 is 46.7. The molecule has 0 saturated heterocycles. The molecule has 9 nitrogen and oxygen atoms in total. The van der Waals surface area contributed by atoms with Crippen molar-refractivity contribution >= 4 is 22.4 Å². The van der Waals surface area contributed by atoms with Crippen molar-refractivity contribution in [2.45, 2.75) is 58.0 Å². The molecule has 0 bridgehead atoms. The summed E-state index contributed by atoms with van der Waals surface area (Å²) in [6.07, 6.45) is 3.45. The molecule has 0 atom stereocenters. The lowest BCUT2D eigenvalue weighted by atomic mass is 10.1. The second-order valence-electron chi connectivity index (χ2n) is 7.22. The number of carbonyl (C=O) groups is 1. The van der Waals surface area contributed by atoms with Gasteiger partial charge in [0, 0.05) is 12.5 Å². The van der Waals surface area contributed by atoms with Gasteiger partial charge in [-0.2, -0.15) is 18.3 Å². The van der Waals surface area contributed by atoms with Crippen LogP contribution in [0.15, 0.2) is 18.3 Å². The lowest BCUT2D eigenvalue weighted by Gasteiger charge is -2.11. The molecule has 13 heteroatoms. The second kappa shape index (κ2) is 11.2. The topological polar surface area (TPSA) is 108 Å². The standard InChI is InChI=1S/C20H24F3N7O2S/c1-3-4-5-6-7-8-9-16-28-29-19(33-16)25-18(31)13-12-24-30(17(13)20(21,22)23)14-10-11-15(32-2)27-26-14/h10-12H,3-9H2,1-2H3,(H,25,29,31). The van der Waals surface area contributed by atoms with Crippen LogP contribution in [0.4, 0.5) is 18.3 Å². The SMILES string of the molecule is CCCCCCCCc1nnc(NC(=O)c2cnn(-c3ccc(OC)nn3)c2C(F)(F)F)s1. The first-order chi connectivity index (χ1) is 15.8. The van der Waals surface area contributed by atoms with Gasteiger partial charge in [0.05, 0.1) is 18.9 Å². The first-order valence-corrected chi connectivity index (χ1v) is 11.3. The number of amides is 1. The number of carbonyl (C=O) groups excluding carboxylic acids is 1. The molecule has 0 saturated carbocycles. The van der Waals surface area contributed by atoms with Gasteiger partial charge in [0.1, 0.15) is 5.01 Å². The summed E-state index contributed by atoms with van der Waals surface area (Å²) in [6.45, 7) is 2.16. The van der Waals surface area contributed by atoms with Crippen molar-refractivity contribution in [3.63, 3.8) is 0 Å². The van der Waals surface area contributed by atoms with E-state index >= 15 is 0 Å². The highest BCUT2D eigenvalue weighted by molar-refractivity contribution is 7.15. The minimum Gasteiger partial charge on any atom is -0.480 e. The van der Waals surface area contributed by atoms with Crippen molar-refractivity contribution in [2.24, 2.45) is 0 Å². The number of hydrogen-bond donors (Lipinski definition) is 1. The Hall–Kier alpha value is -3.09. The maximum absolute atomic E-state index is 13.8. The fourth-order valence-corrected chi connectivity index (χ4v) is 3.90. The number of halogens is 3. The maximum atomic E-state index is 13.8. The number of unbranched alkanes of at least 4 members (excludes halogenated alkanes) is 5. The minimum absolute atomic E-state index is 0.130. The predicted molar refractivity (Wildman–Crippen MR) is 116 cm³/mol. The number of alkyl halides is 3. The molecule has 0 aliphatic rings. The molecular weight excluding hydrogens is 459 g/mol. The van der Waals surface area contributed by atoms with E-state index < -0.39 is 23.3 Å². The first kappa shape index (κ1) is 24.6. The van der Waals surface area contributed by atoms with Gasteiger partial charge in [-0.25, -0.2) is 4.68 Å². The Labute approximate surface area is 192 Å². The van der Waals surface area contributed by atoms with Crippen LogP contribution in [-0.2, 0) is 12.6 Å². The smallest absolute Gasteiger partial charge is 0.434 e. The monoisotopic (exact) mass is 483 g/mol. The van der Waals surface area contributed by atoms with Crippen LogP contribution < -0.4 is 10.1 Å². The molecule has 0 radical (unpaired) electrons. The summed E-state index contributed by atoms with van der Waals surface area (Å²) in [6, 6.07) is 2.60. The van der Waals surface area contributed by atoms with E-state index in [2.05, 4.69) is 37.7 Å². The quantitative estimate of drug-likeness (QED) is 0.394. The van der Waals surface area contributed by atoms with Gasteiger partial charge in [0.25, 0.3) is 5.91 Å².